The summed E-state index contributed by atoms with van der Waals surface area (Å²) in [6.45, 7) is 2.92. The molecule has 5 heteroatoms. The summed E-state index contributed by atoms with van der Waals surface area (Å²) < 4.78 is 5.54. The van der Waals surface area contributed by atoms with Crippen molar-refractivity contribution in [2.45, 2.75) is 26.2 Å². The maximum Gasteiger partial charge on any atom is 0.220 e. The van der Waals surface area contributed by atoms with Gasteiger partial charge < -0.3 is 10.1 Å². The van der Waals surface area contributed by atoms with E-state index in [9.17, 15) is 9.59 Å². The van der Waals surface area contributed by atoms with Crippen LogP contribution in [0.3, 0.4) is 0 Å². The number of Topliss-reactive ketones (excluding diaryl/α,β-unsaturated/α-hetero) is 1. The molecule has 2 aromatic rings. The smallest absolute Gasteiger partial charge is 0.220 e. The van der Waals surface area contributed by atoms with Gasteiger partial charge in [-0.15, -0.1) is 11.3 Å². The molecule has 0 atom stereocenters. The molecular weight excluding hydrogens is 310 g/mol. The average Bonchev–Trinajstić information content (AvgIpc) is 3.08. The number of rotatable bonds is 9. The van der Waals surface area contributed by atoms with Crippen molar-refractivity contribution in [3.63, 3.8) is 0 Å². The zero-order chi connectivity index (χ0) is 16.5. The Balaban J connectivity index is 1.55. The second kappa shape index (κ2) is 9.10. The molecule has 1 aromatic carbocycles. The van der Waals surface area contributed by atoms with Gasteiger partial charge in [-0.2, -0.15) is 0 Å². The number of benzene rings is 1. The number of thiophene rings is 1. The molecule has 0 radical (unpaired) electrons. The lowest BCUT2D eigenvalue weighted by Gasteiger charge is -2.08. The molecule has 0 aliphatic rings. The summed E-state index contributed by atoms with van der Waals surface area (Å²) in [6.07, 6.45) is 1.34. The minimum absolute atomic E-state index is 0.0449. The van der Waals surface area contributed by atoms with Crippen LogP contribution < -0.4 is 10.1 Å². The minimum atomic E-state index is -0.0449. The summed E-state index contributed by atoms with van der Waals surface area (Å²) in [7, 11) is 0. The van der Waals surface area contributed by atoms with Crippen LogP contribution in [0, 0.1) is 6.92 Å². The first kappa shape index (κ1) is 17.2. The normalized spacial score (nSPS) is 10.3. The number of hydrogen-bond acceptors (Lipinski definition) is 4. The predicted octanol–water partition coefficient (Wildman–Crippen LogP) is 3.60. The van der Waals surface area contributed by atoms with Gasteiger partial charge in [0.05, 0.1) is 11.4 Å². The Kier molecular flexibility index (Phi) is 6.81. The topological polar surface area (TPSA) is 55.4 Å². The fourth-order valence-corrected chi connectivity index (χ4v) is 2.75. The van der Waals surface area contributed by atoms with E-state index in [1.165, 1.54) is 16.9 Å². The summed E-state index contributed by atoms with van der Waals surface area (Å²) in [5, 5.41) is 4.68. The van der Waals surface area contributed by atoms with Gasteiger partial charge in [-0.3, -0.25) is 9.59 Å². The third-order valence-corrected chi connectivity index (χ3v) is 4.23. The largest absolute Gasteiger partial charge is 0.492 e. The van der Waals surface area contributed by atoms with Crippen molar-refractivity contribution in [2.75, 3.05) is 13.2 Å². The van der Waals surface area contributed by atoms with Crippen molar-refractivity contribution in [2.24, 2.45) is 0 Å². The minimum Gasteiger partial charge on any atom is -0.492 e. The molecule has 0 saturated heterocycles. The van der Waals surface area contributed by atoms with Gasteiger partial charge in [0, 0.05) is 12.8 Å². The van der Waals surface area contributed by atoms with Crippen LogP contribution in [-0.2, 0) is 4.79 Å². The molecule has 4 nitrogen and oxygen atoms in total. The molecule has 1 aromatic heterocycles. The predicted molar refractivity (Wildman–Crippen MR) is 92.2 cm³/mol. The van der Waals surface area contributed by atoms with Crippen LogP contribution in [-0.4, -0.2) is 24.8 Å². The van der Waals surface area contributed by atoms with Crippen molar-refractivity contribution in [3.05, 3.63) is 52.2 Å². The summed E-state index contributed by atoms with van der Waals surface area (Å²) in [5.74, 6) is 0.860. The summed E-state index contributed by atoms with van der Waals surface area (Å²) in [6, 6.07) is 11.5. The second-order valence-electron chi connectivity index (χ2n) is 5.27. The first-order valence-corrected chi connectivity index (χ1v) is 8.56. The van der Waals surface area contributed by atoms with Crippen molar-refractivity contribution in [1.29, 1.82) is 0 Å². The van der Waals surface area contributed by atoms with Crippen LogP contribution in [0.25, 0.3) is 0 Å². The van der Waals surface area contributed by atoms with E-state index in [1.54, 1.807) is 0 Å². The van der Waals surface area contributed by atoms with Crippen LogP contribution in [0.15, 0.2) is 41.8 Å². The molecule has 2 rings (SSSR count). The molecule has 0 unspecified atom stereocenters. The highest BCUT2D eigenvalue weighted by atomic mass is 32.1. The molecular formula is C18H21NO3S. The number of amides is 1. The van der Waals surface area contributed by atoms with Crippen molar-refractivity contribution >= 4 is 23.0 Å². The molecule has 0 aliphatic heterocycles. The fourth-order valence-electron chi connectivity index (χ4n) is 2.05. The fraction of sp³-hybridized carbons (Fsp3) is 0.333. The third-order valence-electron chi connectivity index (χ3n) is 3.32. The van der Waals surface area contributed by atoms with Crippen LogP contribution >= 0.6 is 11.3 Å². The van der Waals surface area contributed by atoms with Gasteiger partial charge in [0.25, 0.3) is 0 Å². The van der Waals surface area contributed by atoms with Gasteiger partial charge in [-0.25, -0.2) is 0 Å². The number of hydrogen-bond donors (Lipinski definition) is 1. The molecule has 1 heterocycles. The molecule has 1 amide bonds. The van der Waals surface area contributed by atoms with Gasteiger partial charge in [-0.1, -0.05) is 23.8 Å². The highest BCUT2D eigenvalue weighted by molar-refractivity contribution is 7.12. The van der Waals surface area contributed by atoms with Crippen molar-refractivity contribution in [3.8, 4) is 5.75 Å². The van der Waals surface area contributed by atoms with Crippen LogP contribution in [0.4, 0.5) is 0 Å². The Morgan fingerprint density at radius 1 is 1.13 bits per heavy atom. The van der Waals surface area contributed by atoms with Crippen molar-refractivity contribution < 1.29 is 14.3 Å². The number of ether oxygens (including phenoxy) is 1. The number of nitrogens with one attached hydrogen (secondary N) is 1. The highest BCUT2D eigenvalue weighted by Gasteiger charge is 2.08. The summed E-state index contributed by atoms with van der Waals surface area (Å²) in [4.78, 5) is 24.2. The van der Waals surface area contributed by atoms with E-state index < -0.39 is 0 Å². The first-order valence-electron chi connectivity index (χ1n) is 7.68. The molecule has 122 valence electrons. The van der Waals surface area contributed by atoms with Crippen LogP contribution in [0.5, 0.6) is 5.75 Å². The maximum absolute atomic E-state index is 11.8. The van der Waals surface area contributed by atoms with E-state index in [0.29, 0.717) is 32.4 Å². The number of ketones is 1. The van der Waals surface area contributed by atoms with Gasteiger partial charge in [0.2, 0.25) is 5.91 Å². The van der Waals surface area contributed by atoms with E-state index in [0.717, 1.165) is 10.6 Å². The molecule has 1 N–H and O–H groups in total. The van der Waals surface area contributed by atoms with E-state index in [-0.39, 0.29) is 11.7 Å². The quantitative estimate of drug-likeness (QED) is 0.564. The van der Waals surface area contributed by atoms with Crippen LogP contribution in [0.2, 0.25) is 0 Å². The second-order valence-corrected chi connectivity index (χ2v) is 6.21. The van der Waals surface area contributed by atoms with E-state index in [1.807, 2.05) is 48.7 Å². The SMILES string of the molecule is Cc1ccc(OCCNC(=O)CCCC(=O)c2cccs2)cc1. The highest BCUT2D eigenvalue weighted by Crippen LogP contribution is 2.13. The molecule has 0 aliphatic carbocycles. The average molecular weight is 331 g/mol. The van der Waals surface area contributed by atoms with E-state index >= 15 is 0 Å². The zero-order valence-electron chi connectivity index (χ0n) is 13.2. The van der Waals surface area contributed by atoms with Gasteiger partial charge >= 0.3 is 0 Å². The Labute approximate surface area is 140 Å². The molecule has 0 bridgehead atoms. The summed E-state index contributed by atoms with van der Waals surface area (Å²) >= 11 is 1.44. The lowest BCUT2D eigenvalue weighted by molar-refractivity contribution is -0.121. The lowest BCUT2D eigenvalue weighted by atomic mass is 10.1. The number of carbonyl (C=O) groups is 2. The Morgan fingerprint density at radius 2 is 1.91 bits per heavy atom. The standard InChI is InChI=1S/C18H21NO3S/c1-14-7-9-15(10-8-14)22-12-11-19-18(21)6-2-4-16(20)17-5-3-13-23-17/h3,5,7-10,13H,2,4,6,11-12H2,1H3,(H,19,21). The lowest BCUT2D eigenvalue weighted by Crippen LogP contribution is -2.27. The maximum atomic E-state index is 11.8. The Bertz CT molecular complexity index is 620. The first-order chi connectivity index (χ1) is 11.1. The van der Waals surface area contributed by atoms with Gasteiger partial charge in [0.15, 0.2) is 5.78 Å². The molecule has 0 saturated carbocycles. The number of carbonyl (C=O) groups excluding carboxylic acids is 2. The third kappa shape index (κ3) is 6.24. The van der Waals surface area contributed by atoms with Crippen LogP contribution in [0.1, 0.15) is 34.5 Å². The van der Waals surface area contributed by atoms with E-state index in [4.69, 9.17) is 4.74 Å². The molecule has 0 fully saturated rings. The summed E-state index contributed by atoms with van der Waals surface area (Å²) in [5.41, 5.74) is 1.18. The zero-order valence-corrected chi connectivity index (χ0v) is 14.0. The van der Waals surface area contributed by atoms with E-state index in [2.05, 4.69) is 5.32 Å². The van der Waals surface area contributed by atoms with Crippen molar-refractivity contribution in [1.82, 2.24) is 5.32 Å². The molecule has 23 heavy (non-hydrogen) atoms. The Morgan fingerprint density at radius 3 is 2.61 bits per heavy atom. The Hall–Kier alpha value is -2.14. The van der Waals surface area contributed by atoms with Gasteiger partial charge in [0.1, 0.15) is 12.4 Å². The number of aryl methyl sites for hydroxylation is 1. The van der Waals surface area contributed by atoms with Gasteiger partial charge in [-0.05, 0) is 36.9 Å². The monoisotopic (exact) mass is 331 g/mol. The molecule has 0 spiro atoms.